The lowest BCUT2D eigenvalue weighted by Gasteiger charge is -2.05. The van der Waals surface area contributed by atoms with Crippen molar-refractivity contribution < 1.29 is 9.59 Å². The Morgan fingerprint density at radius 2 is 0.864 bits per heavy atom. The highest BCUT2D eigenvalue weighted by atomic mass is 16.1. The summed E-state index contributed by atoms with van der Waals surface area (Å²) in [4.78, 5) is 22.2. The number of rotatable bonds is 7. The van der Waals surface area contributed by atoms with E-state index in [4.69, 9.17) is 0 Å². The Balaban J connectivity index is 1.89. The van der Waals surface area contributed by atoms with Crippen molar-refractivity contribution in [3.8, 4) is 0 Å². The van der Waals surface area contributed by atoms with Crippen molar-refractivity contribution in [2.75, 3.05) is 0 Å². The van der Waals surface area contributed by atoms with Gasteiger partial charge in [-0.3, -0.25) is 9.59 Å². The lowest BCUT2D eigenvalue weighted by molar-refractivity contribution is -0.117. The molecule has 0 aliphatic rings. The van der Waals surface area contributed by atoms with Gasteiger partial charge in [-0.1, -0.05) is 48.5 Å². The second-order valence-electron chi connectivity index (χ2n) is 5.89. The molecule has 0 radical (unpaired) electrons. The van der Waals surface area contributed by atoms with Gasteiger partial charge in [-0.15, -0.1) is 0 Å². The van der Waals surface area contributed by atoms with Crippen LogP contribution in [-0.2, 0) is 35.3 Å². The van der Waals surface area contributed by atoms with E-state index in [1.165, 1.54) is 11.1 Å². The van der Waals surface area contributed by atoms with Gasteiger partial charge in [0.15, 0.2) is 0 Å². The van der Waals surface area contributed by atoms with Crippen LogP contribution < -0.4 is 0 Å². The SMILES string of the molecule is CC(=O)Cc1ccc(CCc2ccc(CC(C)=O)cc2)cc1. The maximum absolute atomic E-state index is 11.1. The van der Waals surface area contributed by atoms with Crippen molar-refractivity contribution in [1.82, 2.24) is 0 Å². The summed E-state index contributed by atoms with van der Waals surface area (Å²) in [6.07, 6.45) is 2.98. The fraction of sp³-hybridized carbons (Fsp3) is 0.300. The van der Waals surface area contributed by atoms with Gasteiger partial charge >= 0.3 is 0 Å². The van der Waals surface area contributed by atoms with E-state index >= 15 is 0 Å². The van der Waals surface area contributed by atoms with Gasteiger partial charge in [-0.25, -0.2) is 0 Å². The van der Waals surface area contributed by atoms with E-state index in [9.17, 15) is 9.59 Å². The predicted molar refractivity (Wildman–Crippen MR) is 89.1 cm³/mol. The normalized spacial score (nSPS) is 10.5. The standard InChI is InChI=1S/C20H22O2/c1-15(21)13-19-9-5-17(6-10-19)3-4-18-7-11-20(12-8-18)14-16(2)22/h5-12H,3-4,13-14H2,1-2H3. The third kappa shape index (κ3) is 5.28. The van der Waals surface area contributed by atoms with Crippen LogP contribution >= 0.6 is 0 Å². The van der Waals surface area contributed by atoms with E-state index in [0.29, 0.717) is 12.8 Å². The highest BCUT2D eigenvalue weighted by Gasteiger charge is 2.01. The van der Waals surface area contributed by atoms with E-state index in [1.54, 1.807) is 13.8 Å². The fourth-order valence-corrected chi connectivity index (χ4v) is 2.51. The van der Waals surface area contributed by atoms with Crippen LogP contribution in [0, 0.1) is 0 Å². The van der Waals surface area contributed by atoms with E-state index < -0.39 is 0 Å². The van der Waals surface area contributed by atoms with Gasteiger partial charge in [0.05, 0.1) is 0 Å². The average Bonchev–Trinajstić information content (AvgIpc) is 2.47. The van der Waals surface area contributed by atoms with Crippen LogP contribution in [0.5, 0.6) is 0 Å². The first kappa shape index (κ1) is 16.2. The molecule has 2 aromatic rings. The van der Waals surface area contributed by atoms with E-state index in [0.717, 1.165) is 24.0 Å². The summed E-state index contributed by atoms with van der Waals surface area (Å²) in [6, 6.07) is 16.5. The Hall–Kier alpha value is -2.22. The fourth-order valence-electron chi connectivity index (χ4n) is 2.51. The molecule has 114 valence electrons. The smallest absolute Gasteiger partial charge is 0.134 e. The summed E-state index contributed by atoms with van der Waals surface area (Å²) in [6.45, 7) is 3.23. The number of carbonyl (C=O) groups is 2. The lowest BCUT2D eigenvalue weighted by atomic mass is 10.0. The van der Waals surface area contributed by atoms with Crippen molar-refractivity contribution in [2.45, 2.75) is 39.5 Å². The van der Waals surface area contributed by atoms with Crippen molar-refractivity contribution in [1.29, 1.82) is 0 Å². The highest BCUT2D eigenvalue weighted by molar-refractivity contribution is 5.78. The molecule has 0 fully saturated rings. The maximum Gasteiger partial charge on any atom is 0.134 e. The van der Waals surface area contributed by atoms with E-state index in [-0.39, 0.29) is 11.6 Å². The van der Waals surface area contributed by atoms with Gasteiger partial charge in [0.2, 0.25) is 0 Å². The summed E-state index contributed by atoms with van der Waals surface area (Å²) in [5, 5.41) is 0. The zero-order valence-corrected chi connectivity index (χ0v) is 13.3. The van der Waals surface area contributed by atoms with Crippen LogP contribution in [0.1, 0.15) is 36.1 Å². The number of hydrogen-bond donors (Lipinski definition) is 0. The number of aryl methyl sites for hydroxylation is 2. The Labute approximate surface area is 132 Å². The topological polar surface area (TPSA) is 34.1 Å². The molecule has 0 amide bonds. The molecular formula is C20H22O2. The summed E-state index contributed by atoms with van der Waals surface area (Å²) < 4.78 is 0. The van der Waals surface area contributed by atoms with Crippen LogP contribution in [0.25, 0.3) is 0 Å². The molecule has 0 spiro atoms. The molecule has 0 N–H and O–H groups in total. The van der Waals surface area contributed by atoms with Gasteiger partial charge in [-0.2, -0.15) is 0 Å². The molecule has 0 heterocycles. The van der Waals surface area contributed by atoms with Crippen molar-refractivity contribution in [3.05, 3.63) is 70.8 Å². The molecule has 0 aliphatic carbocycles. The number of Topliss-reactive ketones (excluding diaryl/α,β-unsaturated/α-hetero) is 2. The number of hydrogen-bond acceptors (Lipinski definition) is 2. The van der Waals surface area contributed by atoms with Crippen LogP contribution in [0.15, 0.2) is 48.5 Å². The molecule has 22 heavy (non-hydrogen) atoms. The van der Waals surface area contributed by atoms with Gasteiger partial charge in [-0.05, 0) is 48.9 Å². The Morgan fingerprint density at radius 1 is 0.591 bits per heavy atom. The zero-order chi connectivity index (χ0) is 15.9. The monoisotopic (exact) mass is 294 g/mol. The molecule has 2 aromatic carbocycles. The van der Waals surface area contributed by atoms with Crippen molar-refractivity contribution in [2.24, 2.45) is 0 Å². The van der Waals surface area contributed by atoms with Gasteiger partial charge in [0, 0.05) is 12.8 Å². The largest absolute Gasteiger partial charge is 0.300 e. The molecular weight excluding hydrogens is 272 g/mol. The average molecular weight is 294 g/mol. The summed E-state index contributed by atoms with van der Waals surface area (Å²) in [5.41, 5.74) is 4.70. The number of ketones is 2. The molecule has 0 atom stereocenters. The van der Waals surface area contributed by atoms with Crippen LogP contribution in [0.3, 0.4) is 0 Å². The quantitative estimate of drug-likeness (QED) is 0.779. The first-order valence-electron chi connectivity index (χ1n) is 7.67. The predicted octanol–water partition coefficient (Wildman–Crippen LogP) is 3.73. The summed E-state index contributed by atoms with van der Waals surface area (Å²) in [5.74, 6) is 0.386. The van der Waals surface area contributed by atoms with Gasteiger partial charge < -0.3 is 0 Å². The molecule has 2 rings (SSSR count). The van der Waals surface area contributed by atoms with Crippen LogP contribution in [-0.4, -0.2) is 11.6 Å². The minimum absolute atomic E-state index is 0.193. The molecule has 0 aromatic heterocycles. The first-order chi connectivity index (χ1) is 10.5. The number of benzene rings is 2. The zero-order valence-electron chi connectivity index (χ0n) is 13.3. The summed E-state index contributed by atoms with van der Waals surface area (Å²) in [7, 11) is 0. The first-order valence-corrected chi connectivity index (χ1v) is 7.67. The minimum Gasteiger partial charge on any atom is -0.300 e. The molecule has 0 unspecified atom stereocenters. The molecule has 2 heteroatoms. The molecule has 0 bridgehead atoms. The van der Waals surface area contributed by atoms with Gasteiger partial charge in [0.1, 0.15) is 11.6 Å². The molecule has 0 saturated carbocycles. The minimum atomic E-state index is 0.193. The second-order valence-corrected chi connectivity index (χ2v) is 5.89. The van der Waals surface area contributed by atoms with Crippen molar-refractivity contribution >= 4 is 11.6 Å². The van der Waals surface area contributed by atoms with Crippen molar-refractivity contribution in [3.63, 3.8) is 0 Å². The van der Waals surface area contributed by atoms with E-state index in [2.05, 4.69) is 24.3 Å². The number of carbonyl (C=O) groups excluding carboxylic acids is 2. The second kappa shape index (κ2) is 7.69. The molecule has 0 aliphatic heterocycles. The highest BCUT2D eigenvalue weighted by Crippen LogP contribution is 2.11. The Morgan fingerprint density at radius 3 is 1.14 bits per heavy atom. The van der Waals surface area contributed by atoms with Crippen LogP contribution in [0.2, 0.25) is 0 Å². The Kier molecular flexibility index (Phi) is 5.65. The lowest BCUT2D eigenvalue weighted by Crippen LogP contribution is -1.98. The maximum atomic E-state index is 11.1. The Bertz CT molecular complexity index is 577. The molecule has 2 nitrogen and oxygen atoms in total. The third-order valence-electron chi connectivity index (χ3n) is 3.65. The van der Waals surface area contributed by atoms with E-state index in [1.807, 2.05) is 24.3 Å². The summed E-state index contributed by atoms with van der Waals surface area (Å²) >= 11 is 0. The third-order valence-corrected chi connectivity index (χ3v) is 3.65. The molecule has 0 saturated heterocycles. The van der Waals surface area contributed by atoms with Gasteiger partial charge in [0.25, 0.3) is 0 Å². The van der Waals surface area contributed by atoms with Crippen LogP contribution in [0.4, 0.5) is 0 Å².